The fraction of sp³-hybridized carbons (Fsp3) is 0.875. The molecule has 0 aromatic heterocycles. The summed E-state index contributed by atoms with van der Waals surface area (Å²) < 4.78 is 0. The maximum Gasteiger partial charge on any atom is 0.318 e. The van der Waals surface area contributed by atoms with Crippen LogP contribution in [0.1, 0.15) is 27.7 Å². The van der Waals surface area contributed by atoms with Gasteiger partial charge in [-0.3, -0.25) is 0 Å². The van der Waals surface area contributed by atoms with Crippen molar-refractivity contribution >= 4 is 6.03 Å². The van der Waals surface area contributed by atoms with E-state index < -0.39 is 0 Å². The highest BCUT2D eigenvalue weighted by Crippen LogP contribution is 2.17. The number of carbonyl (C=O) groups is 1. The van der Waals surface area contributed by atoms with E-state index in [4.69, 9.17) is 0 Å². The molecule has 1 fully saturated rings. The van der Waals surface area contributed by atoms with E-state index in [2.05, 4.69) is 5.32 Å². The summed E-state index contributed by atoms with van der Waals surface area (Å²) in [6.45, 7) is 8.98. The number of amides is 2. The van der Waals surface area contributed by atoms with Crippen LogP contribution in [-0.4, -0.2) is 29.1 Å². The van der Waals surface area contributed by atoms with E-state index in [1.54, 1.807) is 0 Å². The smallest absolute Gasteiger partial charge is 0.318 e. The van der Waals surface area contributed by atoms with Crippen LogP contribution >= 0.6 is 0 Å². The van der Waals surface area contributed by atoms with Crippen LogP contribution in [0.3, 0.4) is 0 Å². The molecule has 1 N–H and O–H groups in total. The molecule has 0 bridgehead atoms. The van der Waals surface area contributed by atoms with Gasteiger partial charge >= 0.3 is 6.03 Å². The number of nitrogens with zero attached hydrogens (tertiary/aromatic N) is 1. The van der Waals surface area contributed by atoms with E-state index in [0.717, 1.165) is 6.54 Å². The predicted octanol–water partition coefficient (Wildman–Crippen LogP) is 1.20. The Kier molecular flexibility index (Phi) is 1.82. The van der Waals surface area contributed by atoms with Crippen LogP contribution in [0.4, 0.5) is 4.79 Å². The maximum atomic E-state index is 11.2. The van der Waals surface area contributed by atoms with Gasteiger partial charge in [0, 0.05) is 18.1 Å². The van der Waals surface area contributed by atoms with Crippen LogP contribution in [0.2, 0.25) is 0 Å². The standard InChI is InChI=1S/C8H16N2O/c1-6-5-10(7(11)9-6)8(2,3)4/h6H,5H2,1-4H3,(H,9,11). The van der Waals surface area contributed by atoms with Gasteiger partial charge in [0.05, 0.1) is 0 Å². The summed E-state index contributed by atoms with van der Waals surface area (Å²) in [5.41, 5.74) is -0.0468. The van der Waals surface area contributed by atoms with Gasteiger partial charge in [0.2, 0.25) is 0 Å². The van der Waals surface area contributed by atoms with Crippen LogP contribution in [0.15, 0.2) is 0 Å². The number of carbonyl (C=O) groups excluding carboxylic acids is 1. The molecule has 1 aliphatic rings. The van der Waals surface area contributed by atoms with Crippen LogP contribution in [-0.2, 0) is 0 Å². The second kappa shape index (κ2) is 2.40. The van der Waals surface area contributed by atoms with Crippen molar-refractivity contribution in [1.82, 2.24) is 10.2 Å². The predicted molar refractivity (Wildman–Crippen MR) is 44.5 cm³/mol. The van der Waals surface area contributed by atoms with Crippen LogP contribution in [0, 0.1) is 0 Å². The Balaban J connectivity index is 2.68. The lowest BCUT2D eigenvalue weighted by molar-refractivity contribution is 0.170. The lowest BCUT2D eigenvalue weighted by atomic mass is 10.1. The van der Waals surface area contributed by atoms with Crippen molar-refractivity contribution in [3.8, 4) is 0 Å². The third-order valence-electron chi connectivity index (χ3n) is 1.88. The molecule has 0 aromatic carbocycles. The van der Waals surface area contributed by atoms with E-state index in [0.29, 0.717) is 6.04 Å². The molecule has 0 aliphatic carbocycles. The van der Waals surface area contributed by atoms with Crippen molar-refractivity contribution < 1.29 is 4.79 Å². The minimum atomic E-state index is -0.0468. The van der Waals surface area contributed by atoms with Crippen molar-refractivity contribution in [2.45, 2.75) is 39.3 Å². The zero-order chi connectivity index (χ0) is 8.65. The molecule has 3 nitrogen and oxygen atoms in total. The minimum Gasteiger partial charge on any atom is -0.334 e. The summed E-state index contributed by atoms with van der Waals surface area (Å²) in [5, 5.41) is 2.86. The first kappa shape index (κ1) is 8.37. The molecule has 0 aromatic rings. The first-order valence-electron chi connectivity index (χ1n) is 3.99. The molecular weight excluding hydrogens is 140 g/mol. The SMILES string of the molecule is CC1CN(C(C)(C)C)C(=O)N1. The van der Waals surface area contributed by atoms with Crippen molar-refractivity contribution in [2.75, 3.05) is 6.54 Å². The van der Waals surface area contributed by atoms with E-state index in [9.17, 15) is 4.79 Å². The van der Waals surface area contributed by atoms with Crippen LogP contribution in [0.25, 0.3) is 0 Å². The second-order valence-corrected chi connectivity index (χ2v) is 4.13. The first-order chi connectivity index (χ1) is 4.91. The fourth-order valence-corrected chi connectivity index (χ4v) is 1.27. The van der Waals surface area contributed by atoms with E-state index >= 15 is 0 Å². The molecule has 1 aliphatic heterocycles. The highest BCUT2D eigenvalue weighted by atomic mass is 16.2. The van der Waals surface area contributed by atoms with Crippen LogP contribution < -0.4 is 5.32 Å². The Morgan fingerprint density at radius 1 is 1.55 bits per heavy atom. The summed E-state index contributed by atoms with van der Waals surface area (Å²) in [5.74, 6) is 0. The molecule has 1 rings (SSSR count). The Bertz CT molecular complexity index is 171. The zero-order valence-corrected chi connectivity index (χ0v) is 7.64. The number of rotatable bonds is 0. The fourth-order valence-electron chi connectivity index (χ4n) is 1.27. The van der Waals surface area contributed by atoms with Gasteiger partial charge in [0.15, 0.2) is 0 Å². The Hall–Kier alpha value is -0.730. The highest BCUT2D eigenvalue weighted by molar-refractivity contribution is 5.77. The molecule has 3 heteroatoms. The molecule has 0 radical (unpaired) electrons. The van der Waals surface area contributed by atoms with Gasteiger partial charge in [0.1, 0.15) is 0 Å². The molecule has 1 unspecified atom stereocenters. The molecule has 0 spiro atoms. The Labute approximate surface area is 67.8 Å². The van der Waals surface area contributed by atoms with Crippen LogP contribution in [0.5, 0.6) is 0 Å². The number of urea groups is 1. The summed E-state index contributed by atoms with van der Waals surface area (Å²) in [6, 6.07) is 0.353. The Morgan fingerprint density at radius 2 is 2.09 bits per heavy atom. The van der Waals surface area contributed by atoms with Crippen molar-refractivity contribution in [2.24, 2.45) is 0 Å². The third-order valence-corrected chi connectivity index (χ3v) is 1.88. The third kappa shape index (κ3) is 1.64. The molecule has 11 heavy (non-hydrogen) atoms. The summed E-state index contributed by atoms with van der Waals surface area (Å²) >= 11 is 0. The van der Waals surface area contributed by atoms with Gasteiger partial charge in [-0.1, -0.05) is 0 Å². The zero-order valence-electron chi connectivity index (χ0n) is 7.64. The van der Waals surface area contributed by atoms with Gasteiger partial charge in [-0.05, 0) is 27.7 Å². The van der Waals surface area contributed by atoms with Gasteiger partial charge in [-0.2, -0.15) is 0 Å². The van der Waals surface area contributed by atoms with Crippen molar-refractivity contribution in [3.05, 3.63) is 0 Å². The average molecular weight is 156 g/mol. The maximum absolute atomic E-state index is 11.2. The molecule has 1 heterocycles. The molecule has 2 amide bonds. The van der Waals surface area contributed by atoms with E-state index in [-0.39, 0.29) is 11.6 Å². The van der Waals surface area contributed by atoms with Crippen molar-refractivity contribution in [1.29, 1.82) is 0 Å². The summed E-state index contributed by atoms with van der Waals surface area (Å²) in [6.07, 6.45) is 0. The van der Waals surface area contributed by atoms with E-state index in [1.807, 2.05) is 32.6 Å². The number of nitrogens with one attached hydrogen (secondary N) is 1. The molecule has 64 valence electrons. The van der Waals surface area contributed by atoms with E-state index in [1.165, 1.54) is 0 Å². The lowest BCUT2D eigenvalue weighted by Gasteiger charge is -2.30. The molecule has 1 atom stereocenters. The average Bonchev–Trinajstić information content (AvgIpc) is 2.08. The second-order valence-electron chi connectivity index (χ2n) is 4.13. The highest BCUT2D eigenvalue weighted by Gasteiger charge is 2.33. The summed E-state index contributed by atoms with van der Waals surface area (Å²) in [7, 11) is 0. The normalized spacial score (nSPS) is 25.6. The lowest BCUT2D eigenvalue weighted by Crippen LogP contribution is -2.43. The van der Waals surface area contributed by atoms with Gasteiger partial charge in [-0.25, -0.2) is 4.79 Å². The van der Waals surface area contributed by atoms with Gasteiger partial charge in [-0.15, -0.1) is 0 Å². The molecule has 0 saturated carbocycles. The summed E-state index contributed by atoms with van der Waals surface area (Å²) in [4.78, 5) is 13.1. The quantitative estimate of drug-likeness (QED) is 0.561. The van der Waals surface area contributed by atoms with Gasteiger partial charge in [0.25, 0.3) is 0 Å². The monoisotopic (exact) mass is 156 g/mol. The largest absolute Gasteiger partial charge is 0.334 e. The van der Waals surface area contributed by atoms with Gasteiger partial charge < -0.3 is 10.2 Å². The molecule has 1 saturated heterocycles. The minimum absolute atomic E-state index is 0.0468. The van der Waals surface area contributed by atoms with Crippen molar-refractivity contribution in [3.63, 3.8) is 0 Å². The Morgan fingerprint density at radius 3 is 2.27 bits per heavy atom. The first-order valence-corrected chi connectivity index (χ1v) is 3.99. The number of hydrogen-bond acceptors (Lipinski definition) is 1. The molecular formula is C8H16N2O. The number of hydrogen-bond donors (Lipinski definition) is 1. The topological polar surface area (TPSA) is 32.3 Å².